The molecule has 0 spiro atoms. The van der Waals surface area contributed by atoms with Crippen LogP contribution in [0.4, 0.5) is 23.7 Å². The van der Waals surface area contributed by atoms with Gasteiger partial charge >= 0.3 is 12.2 Å². The van der Waals surface area contributed by atoms with Crippen molar-refractivity contribution in [1.29, 1.82) is 0 Å². The zero-order valence-corrected chi connectivity index (χ0v) is 25.0. The number of hydrogen-bond acceptors (Lipinski definition) is 7. The molecule has 2 atom stereocenters. The lowest BCUT2D eigenvalue weighted by Gasteiger charge is -2.32. The van der Waals surface area contributed by atoms with E-state index in [1.54, 1.807) is 24.3 Å². The van der Waals surface area contributed by atoms with Crippen LogP contribution < -0.4 is 16.0 Å². The second-order valence-corrected chi connectivity index (χ2v) is 13.2. The van der Waals surface area contributed by atoms with Gasteiger partial charge in [-0.25, -0.2) is 13.2 Å². The summed E-state index contributed by atoms with van der Waals surface area (Å²) in [7, 11) is -3.67. The summed E-state index contributed by atoms with van der Waals surface area (Å²) >= 11 is 1.49. The van der Waals surface area contributed by atoms with E-state index in [4.69, 9.17) is 4.74 Å². The van der Waals surface area contributed by atoms with Gasteiger partial charge in [-0.3, -0.25) is 9.59 Å². The molecular formula is C28H33F3N4O6S2. The Morgan fingerprint density at radius 2 is 1.77 bits per heavy atom. The molecule has 0 aromatic heterocycles. The average Bonchev–Trinajstić information content (AvgIpc) is 3.52. The van der Waals surface area contributed by atoms with E-state index >= 15 is 0 Å². The fourth-order valence-electron chi connectivity index (χ4n) is 4.95. The van der Waals surface area contributed by atoms with Crippen molar-refractivity contribution in [3.8, 4) is 0 Å². The number of urea groups is 1. The van der Waals surface area contributed by atoms with Gasteiger partial charge in [-0.05, 0) is 73.9 Å². The zero-order chi connectivity index (χ0) is 31.2. The minimum atomic E-state index is -4.74. The first-order valence-electron chi connectivity index (χ1n) is 13.7. The number of thioether (sulfide) groups is 1. The highest BCUT2D eigenvalue weighted by molar-refractivity contribution is 7.98. The van der Waals surface area contributed by atoms with Gasteiger partial charge in [0.15, 0.2) is 9.84 Å². The summed E-state index contributed by atoms with van der Waals surface area (Å²) in [5, 5.41) is 7.49. The summed E-state index contributed by atoms with van der Waals surface area (Å²) in [5.41, 5.74) is -1.67. The van der Waals surface area contributed by atoms with E-state index in [1.807, 2.05) is 6.26 Å². The van der Waals surface area contributed by atoms with Crippen molar-refractivity contribution in [2.24, 2.45) is 5.92 Å². The quantitative estimate of drug-likeness (QED) is 0.355. The maximum Gasteiger partial charge on any atom is 0.416 e. The van der Waals surface area contributed by atoms with E-state index in [2.05, 4.69) is 16.0 Å². The third kappa shape index (κ3) is 8.63. The second kappa shape index (κ2) is 14.0. The second-order valence-electron chi connectivity index (χ2n) is 10.3. The third-order valence-electron chi connectivity index (χ3n) is 7.33. The van der Waals surface area contributed by atoms with Gasteiger partial charge in [0, 0.05) is 24.6 Å². The topological polar surface area (TPSA) is 134 Å². The Kier molecular flexibility index (Phi) is 10.6. The largest absolute Gasteiger partial charge is 0.416 e. The molecular weight excluding hydrogens is 609 g/mol. The van der Waals surface area contributed by atoms with Crippen LogP contribution in [0, 0.1) is 5.92 Å². The van der Waals surface area contributed by atoms with E-state index in [-0.39, 0.29) is 22.9 Å². The summed E-state index contributed by atoms with van der Waals surface area (Å²) in [6.45, 7) is 0.764. The van der Waals surface area contributed by atoms with Crippen LogP contribution in [0.1, 0.15) is 35.2 Å². The molecule has 2 aromatic rings. The van der Waals surface area contributed by atoms with Gasteiger partial charge in [-0.2, -0.15) is 13.2 Å². The number of carbonyl (C=O) groups is 3. The molecule has 2 aromatic carbocycles. The highest BCUT2D eigenvalue weighted by Crippen LogP contribution is 2.32. The number of rotatable bonds is 9. The highest BCUT2D eigenvalue weighted by Gasteiger charge is 2.34. The van der Waals surface area contributed by atoms with Gasteiger partial charge in [0.1, 0.15) is 0 Å². The van der Waals surface area contributed by atoms with Crippen molar-refractivity contribution < 1.29 is 40.7 Å². The summed E-state index contributed by atoms with van der Waals surface area (Å²) in [5.74, 6) is -2.36. The number of ether oxygens (including phenoxy) is 1. The predicted octanol–water partition coefficient (Wildman–Crippen LogP) is 3.78. The van der Waals surface area contributed by atoms with E-state index in [9.17, 15) is 36.0 Å². The summed E-state index contributed by atoms with van der Waals surface area (Å²) in [4.78, 5) is 40.9. The van der Waals surface area contributed by atoms with Gasteiger partial charge < -0.3 is 25.6 Å². The molecule has 15 heteroatoms. The minimum absolute atomic E-state index is 0.0611. The zero-order valence-electron chi connectivity index (χ0n) is 23.4. The van der Waals surface area contributed by atoms with Gasteiger partial charge in [-0.1, -0.05) is 0 Å². The lowest BCUT2D eigenvalue weighted by molar-refractivity contribution is -0.137. The maximum absolute atomic E-state index is 13.4. The Labute approximate surface area is 252 Å². The molecule has 2 saturated heterocycles. The first-order valence-corrected chi connectivity index (χ1v) is 16.5. The number of likely N-dealkylation sites (tertiary alicyclic amines) is 1. The molecule has 0 aliphatic carbocycles. The molecule has 2 aliphatic rings. The number of nitrogens with one attached hydrogen (secondary N) is 3. The van der Waals surface area contributed by atoms with Crippen LogP contribution in [0.25, 0.3) is 0 Å². The van der Waals surface area contributed by atoms with E-state index in [0.29, 0.717) is 32.2 Å². The van der Waals surface area contributed by atoms with Crippen LogP contribution in [0.2, 0.25) is 0 Å². The van der Waals surface area contributed by atoms with Crippen LogP contribution in [0.15, 0.2) is 52.3 Å². The molecule has 2 fully saturated rings. The van der Waals surface area contributed by atoms with E-state index < -0.39 is 63.5 Å². The fourth-order valence-corrected chi connectivity index (χ4v) is 7.06. The lowest BCUT2D eigenvalue weighted by atomic mass is 9.97. The van der Waals surface area contributed by atoms with Crippen molar-refractivity contribution in [1.82, 2.24) is 15.5 Å². The van der Waals surface area contributed by atoms with Gasteiger partial charge in [0.25, 0.3) is 5.91 Å². The number of amides is 4. The number of nitrogens with zero attached hydrogens (tertiary/aromatic N) is 1. The SMILES string of the molecule is CSc1ccc(S(=O)(=O)CC2CCOCC2NC(=O)CNC(=O)c2cc(C(F)(F)F)ccc2NC(=O)N2CCCC2)cc1. The summed E-state index contributed by atoms with van der Waals surface area (Å²) in [6.07, 6.45) is -0.881. The van der Waals surface area contributed by atoms with Crippen LogP contribution in [-0.2, 0) is 25.5 Å². The molecule has 3 N–H and O–H groups in total. The molecule has 10 nitrogen and oxygen atoms in total. The number of alkyl halides is 3. The number of hydrogen-bond donors (Lipinski definition) is 3. The monoisotopic (exact) mass is 642 g/mol. The lowest BCUT2D eigenvalue weighted by Crippen LogP contribution is -2.51. The van der Waals surface area contributed by atoms with Crippen LogP contribution in [0.3, 0.4) is 0 Å². The normalized spacial score (nSPS) is 19.1. The van der Waals surface area contributed by atoms with E-state index in [1.165, 1.54) is 16.7 Å². The molecule has 43 heavy (non-hydrogen) atoms. The number of sulfone groups is 1. The van der Waals surface area contributed by atoms with Crippen LogP contribution in [0.5, 0.6) is 0 Å². The van der Waals surface area contributed by atoms with Crippen molar-refractivity contribution >= 4 is 45.1 Å². The smallest absolute Gasteiger partial charge is 0.379 e. The minimum Gasteiger partial charge on any atom is -0.379 e. The molecule has 2 aliphatic heterocycles. The Hall–Kier alpha value is -3.30. The van der Waals surface area contributed by atoms with Crippen molar-refractivity contribution in [3.63, 3.8) is 0 Å². The van der Waals surface area contributed by atoms with E-state index in [0.717, 1.165) is 29.9 Å². The van der Waals surface area contributed by atoms with Crippen LogP contribution >= 0.6 is 11.8 Å². The molecule has 4 rings (SSSR count). The Balaban J connectivity index is 1.40. The first kappa shape index (κ1) is 32.6. The first-order chi connectivity index (χ1) is 20.4. The molecule has 0 saturated carbocycles. The molecule has 4 amide bonds. The Bertz CT molecular complexity index is 1430. The number of benzene rings is 2. The van der Waals surface area contributed by atoms with Crippen molar-refractivity contribution in [2.45, 2.75) is 41.3 Å². The van der Waals surface area contributed by atoms with Crippen LogP contribution in [-0.4, -0.2) is 82.1 Å². The molecule has 0 bridgehead atoms. The molecule has 234 valence electrons. The standard InChI is InChI=1S/C28H33F3N4O6S2/c1-42-20-5-7-21(8-6-20)43(39,40)17-18-10-13-41-16-24(18)33-25(36)15-32-26(37)22-14-19(28(29,30)31)4-9-23(22)34-27(38)35-11-2-3-12-35/h4-9,14,18,24H,2-3,10-13,15-17H2,1H3,(H,32,37)(H,33,36)(H,34,38). The summed E-state index contributed by atoms with van der Waals surface area (Å²) < 4.78 is 71.8. The Morgan fingerprint density at radius 3 is 2.42 bits per heavy atom. The average molecular weight is 643 g/mol. The molecule has 2 heterocycles. The molecule has 0 radical (unpaired) electrons. The number of halogens is 3. The Morgan fingerprint density at radius 1 is 1.07 bits per heavy atom. The highest BCUT2D eigenvalue weighted by atomic mass is 32.2. The maximum atomic E-state index is 13.4. The fraction of sp³-hybridized carbons (Fsp3) is 0.464. The van der Waals surface area contributed by atoms with Gasteiger partial charge in [0.2, 0.25) is 5.91 Å². The van der Waals surface area contributed by atoms with Gasteiger partial charge in [-0.15, -0.1) is 11.8 Å². The van der Waals surface area contributed by atoms with Crippen molar-refractivity contribution in [3.05, 3.63) is 53.6 Å². The van der Waals surface area contributed by atoms with Gasteiger partial charge in [0.05, 0.1) is 46.7 Å². The third-order valence-corrected chi connectivity index (χ3v) is 9.93. The molecule has 2 unspecified atom stereocenters. The number of anilines is 1. The summed E-state index contributed by atoms with van der Waals surface area (Å²) in [6, 6.07) is 7.70. The number of carbonyl (C=O) groups excluding carboxylic acids is 3. The predicted molar refractivity (Wildman–Crippen MR) is 155 cm³/mol. The van der Waals surface area contributed by atoms with Crippen molar-refractivity contribution in [2.75, 3.05) is 50.2 Å².